The Kier molecular flexibility index (Phi) is 4.96. The Hall–Kier alpha value is -1.17. The maximum Gasteiger partial charge on any atom is 0.223 e. The fourth-order valence-electron chi connectivity index (χ4n) is 2.55. The molecule has 0 aromatic heterocycles. The number of rotatable bonds is 4. The van der Waals surface area contributed by atoms with Crippen LogP contribution in [0, 0.1) is 5.82 Å². The second kappa shape index (κ2) is 6.52. The number of methoxy groups -OCH3 is 1. The van der Waals surface area contributed by atoms with Gasteiger partial charge >= 0.3 is 0 Å². The van der Waals surface area contributed by atoms with Gasteiger partial charge in [0.05, 0.1) is 17.7 Å². The van der Waals surface area contributed by atoms with Crippen LogP contribution in [0.3, 0.4) is 0 Å². The topological polar surface area (TPSA) is 55.6 Å². The van der Waals surface area contributed by atoms with Crippen LogP contribution in [0.5, 0.6) is 0 Å². The van der Waals surface area contributed by atoms with Gasteiger partial charge < -0.3 is 15.4 Å². The van der Waals surface area contributed by atoms with E-state index in [1.807, 2.05) is 0 Å². The summed E-state index contributed by atoms with van der Waals surface area (Å²) < 4.78 is 18.3. The summed E-state index contributed by atoms with van der Waals surface area (Å²) in [5.74, 6) is -0.441. The van der Waals surface area contributed by atoms with Crippen molar-refractivity contribution in [2.24, 2.45) is 5.73 Å². The maximum atomic E-state index is 13.3. The van der Waals surface area contributed by atoms with E-state index in [2.05, 4.69) is 0 Å². The monoisotopic (exact) mass is 300 g/mol. The number of piperidine rings is 1. The molecule has 1 aliphatic heterocycles. The zero-order chi connectivity index (χ0) is 14.7. The molecule has 1 saturated heterocycles. The normalized spacial score (nSPS) is 23.2. The molecule has 4 nitrogen and oxygen atoms in total. The number of hydrogen-bond donors (Lipinski definition) is 1. The van der Waals surface area contributed by atoms with Crippen LogP contribution < -0.4 is 5.73 Å². The van der Waals surface area contributed by atoms with Gasteiger partial charge in [0.2, 0.25) is 5.91 Å². The van der Waals surface area contributed by atoms with Crippen molar-refractivity contribution in [1.82, 2.24) is 4.90 Å². The number of nitrogens with zero attached hydrogens (tertiary/aromatic N) is 1. The van der Waals surface area contributed by atoms with Gasteiger partial charge in [0.15, 0.2) is 0 Å². The molecule has 1 aliphatic rings. The van der Waals surface area contributed by atoms with E-state index in [0.717, 1.165) is 5.56 Å². The molecule has 2 rings (SSSR count). The summed E-state index contributed by atoms with van der Waals surface area (Å²) in [6, 6.07) is 4.00. The molecule has 0 spiro atoms. The molecule has 1 amide bonds. The lowest BCUT2D eigenvalue weighted by molar-refractivity contribution is -0.138. The SMILES string of the molecule is COCCN1C(=O)CCC(N)C1c1ccc(F)c(Cl)c1. The van der Waals surface area contributed by atoms with Crippen LogP contribution in [0.1, 0.15) is 24.4 Å². The first-order valence-corrected chi connectivity index (χ1v) is 6.91. The van der Waals surface area contributed by atoms with Crippen molar-refractivity contribution in [3.63, 3.8) is 0 Å². The molecule has 110 valence electrons. The minimum atomic E-state index is -0.477. The van der Waals surface area contributed by atoms with Gasteiger partial charge in [0.25, 0.3) is 0 Å². The van der Waals surface area contributed by atoms with E-state index in [-0.39, 0.29) is 23.0 Å². The Labute approximate surface area is 122 Å². The van der Waals surface area contributed by atoms with Gasteiger partial charge in [-0.15, -0.1) is 0 Å². The van der Waals surface area contributed by atoms with E-state index in [1.165, 1.54) is 6.07 Å². The summed E-state index contributed by atoms with van der Waals surface area (Å²) >= 11 is 5.83. The van der Waals surface area contributed by atoms with Crippen molar-refractivity contribution in [3.8, 4) is 0 Å². The summed E-state index contributed by atoms with van der Waals surface area (Å²) in [5.41, 5.74) is 6.91. The van der Waals surface area contributed by atoms with Crippen LogP contribution in [-0.4, -0.2) is 37.1 Å². The van der Waals surface area contributed by atoms with Crippen LogP contribution >= 0.6 is 11.6 Å². The molecule has 0 aliphatic carbocycles. The number of carbonyl (C=O) groups excluding carboxylic acids is 1. The van der Waals surface area contributed by atoms with Crippen LogP contribution in [-0.2, 0) is 9.53 Å². The van der Waals surface area contributed by atoms with Gasteiger partial charge in [-0.2, -0.15) is 0 Å². The predicted molar refractivity (Wildman–Crippen MR) is 74.9 cm³/mol. The van der Waals surface area contributed by atoms with Crippen molar-refractivity contribution >= 4 is 17.5 Å². The van der Waals surface area contributed by atoms with Crippen LogP contribution in [0.15, 0.2) is 18.2 Å². The fraction of sp³-hybridized carbons (Fsp3) is 0.500. The Morgan fingerprint density at radius 3 is 2.95 bits per heavy atom. The lowest BCUT2D eigenvalue weighted by atomic mass is 9.90. The van der Waals surface area contributed by atoms with E-state index in [1.54, 1.807) is 24.1 Å². The van der Waals surface area contributed by atoms with Gasteiger partial charge in [-0.3, -0.25) is 4.79 Å². The van der Waals surface area contributed by atoms with Crippen LogP contribution in [0.4, 0.5) is 4.39 Å². The molecule has 2 unspecified atom stereocenters. The third kappa shape index (κ3) is 3.11. The number of amides is 1. The first-order valence-electron chi connectivity index (χ1n) is 6.53. The minimum Gasteiger partial charge on any atom is -0.383 e. The molecule has 6 heteroatoms. The Balaban J connectivity index is 2.31. The highest BCUT2D eigenvalue weighted by Gasteiger charge is 2.34. The van der Waals surface area contributed by atoms with E-state index in [0.29, 0.717) is 26.0 Å². The molecule has 1 heterocycles. The van der Waals surface area contributed by atoms with Crippen molar-refractivity contribution < 1.29 is 13.9 Å². The quantitative estimate of drug-likeness (QED) is 0.926. The number of hydrogen-bond acceptors (Lipinski definition) is 3. The smallest absolute Gasteiger partial charge is 0.223 e. The predicted octanol–water partition coefficient (Wildman–Crippen LogP) is 2.12. The standard InChI is InChI=1S/C14H18ClFN2O2/c1-20-7-6-18-13(19)5-4-12(17)14(18)9-2-3-11(16)10(15)8-9/h2-3,8,12,14H,4-7,17H2,1H3. The molecule has 1 aromatic rings. The van der Waals surface area contributed by atoms with Crippen molar-refractivity contribution in [2.45, 2.75) is 24.9 Å². The van der Waals surface area contributed by atoms with Crippen LogP contribution in [0.2, 0.25) is 5.02 Å². The third-order valence-corrected chi connectivity index (χ3v) is 3.86. The van der Waals surface area contributed by atoms with Crippen molar-refractivity contribution in [1.29, 1.82) is 0 Å². The first-order chi connectivity index (χ1) is 9.54. The molecule has 2 N–H and O–H groups in total. The van der Waals surface area contributed by atoms with Crippen molar-refractivity contribution in [2.75, 3.05) is 20.3 Å². The Morgan fingerprint density at radius 1 is 1.55 bits per heavy atom. The first kappa shape index (κ1) is 15.2. The summed E-state index contributed by atoms with van der Waals surface area (Å²) in [7, 11) is 1.58. The van der Waals surface area contributed by atoms with Gasteiger partial charge in [-0.25, -0.2) is 4.39 Å². The Morgan fingerprint density at radius 2 is 2.30 bits per heavy atom. The number of ether oxygens (including phenoxy) is 1. The highest BCUT2D eigenvalue weighted by molar-refractivity contribution is 6.30. The number of benzene rings is 1. The zero-order valence-electron chi connectivity index (χ0n) is 11.3. The third-order valence-electron chi connectivity index (χ3n) is 3.57. The number of halogens is 2. The largest absolute Gasteiger partial charge is 0.383 e. The maximum absolute atomic E-state index is 13.3. The second-order valence-corrected chi connectivity index (χ2v) is 5.31. The summed E-state index contributed by atoms with van der Waals surface area (Å²) in [6.07, 6.45) is 1.04. The van der Waals surface area contributed by atoms with E-state index >= 15 is 0 Å². The zero-order valence-corrected chi connectivity index (χ0v) is 12.1. The lowest BCUT2D eigenvalue weighted by Crippen LogP contribution is -2.49. The number of nitrogens with two attached hydrogens (primary N) is 1. The molecule has 2 atom stereocenters. The van der Waals surface area contributed by atoms with Gasteiger partial charge in [-0.1, -0.05) is 17.7 Å². The molecule has 20 heavy (non-hydrogen) atoms. The average Bonchev–Trinajstić information content (AvgIpc) is 2.43. The summed E-state index contributed by atoms with van der Waals surface area (Å²) in [5, 5.41) is 0.0411. The van der Waals surface area contributed by atoms with Crippen molar-refractivity contribution in [3.05, 3.63) is 34.6 Å². The molecular weight excluding hydrogens is 283 g/mol. The summed E-state index contributed by atoms with van der Waals surface area (Å²) in [4.78, 5) is 13.8. The number of likely N-dealkylation sites (tertiary alicyclic amines) is 1. The fourth-order valence-corrected chi connectivity index (χ4v) is 2.74. The highest BCUT2D eigenvalue weighted by Crippen LogP contribution is 2.32. The highest BCUT2D eigenvalue weighted by atomic mass is 35.5. The average molecular weight is 301 g/mol. The molecule has 1 fully saturated rings. The molecule has 0 radical (unpaired) electrons. The molecule has 0 saturated carbocycles. The second-order valence-electron chi connectivity index (χ2n) is 4.90. The molecule has 1 aromatic carbocycles. The summed E-state index contributed by atoms with van der Waals surface area (Å²) in [6.45, 7) is 0.895. The van der Waals surface area contributed by atoms with Gasteiger partial charge in [0, 0.05) is 26.1 Å². The minimum absolute atomic E-state index is 0.0363. The van der Waals surface area contributed by atoms with E-state index in [9.17, 15) is 9.18 Å². The van der Waals surface area contributed by atoms with Crippen LogP contribution in [0.25, 0.3) is 0 Å². The Bertz CT molecular complexity index is 498. The molecule has 0 bridgehead atoms. The molecular formula is C14H18ClFN2O2. The number of carbonyl (C=O) groups is 1. The van der Waals surface area contributed by atoms with Gasteiger partial charge in [-0.05, 0) is 24.1 Å². The van der Waals surface area contributed by atoms with E-state index in [4.69, 9.17) is 22.1 Å². The van der Waals surface area contributed by atoms with Gasteiger partial charge in [0.1, 0.15) is 5.82 Å². The lowest BCUT2D eigenvalue weighted by Gasteiger charge is -2.40. The van der Waals surface area contributed by atoms with E-state index < -0.39 is 5.82 Å².